The number of benzene rings is 1. The summed E-state index contributed by atoms with van der Waals surface area (Å²) in [6.07, 6.45) is 5.16. The van der Waals surface area contributed by atoms with Crippen molar-refractivity contribution < 1.29 is 4.74 Å². The van der Waals surface area contributed by atoms with E-state index in [1.165, 1.54) is 0 Å². The van der Waals surface area contributed by atoms with E-state index in [1.807, 2.05) is 36.4 Å². The molecule has 0 bridgehead atoms. The Labute approximate surface area is 88.9 Å². The van der Waals surface area contributed by atoms with Gasteiger partial charge < -0.3 is 4.74 Å². The second kappa shape index (κ2) is 4.42. The minimum atomic E-state index is 0.729. The molecule has 0 aliphatic rings. The van der Waals surface area contributed by atoms with Crippen LogP contribution in [0.25, 0.3) is 6.08 Å². The third-order valence-corrected chi connectivity index (χ3v) is 2.00. The summed E-state index contributed by atoms with van der Waals surface area (Å²) in [7, 11) is 0. The lowest BCUT2D eigenvalue weighted by atomic mass is 10.2. The standard InChI is InChI=1S/C13H11NO/c1-2-11-6-3-4-8-13(11)15-12-7-5-9-14-10-12/h2-10H,1H2. The predicted octanol–water partition coefficient (Wildman–Crippen LogP) is 3.52. The summed E-state index contributed by atoms with van der Waals surface area (Å²) >= 11 is 0. The Balaban J connectivity index is 2.28. The van der Waals surface area contributed by atoms with Crippen molar-refractivity contribution in [3.8, 4) is 11.5 Å². The van der Waals surface area contributed by atoms with Crippen LogP contribution in [0.2, 0.25) is 0 Å². The fraction of sp³-hybridized carbons (Fsp3) is 0. The van der Waals surface area contributed by atoms with Gasteiger partial charge in [0, 0.05) is 11.8 Å². The Kier molecular flexibility index (Phi) is 2.79. The van der Waals surface area contributed by atoms with Gasteiger partial charge in [-0.2, -0.15) is 0 Å². The fourth-order valence-corrected chi connectivity index (χ4v) is 1.28. The van der Waals surface area contributed by atoms with Crippen LogP contribution in [0.5, 0.6) is 11.5 Å². The molecule has 74 valence electrons. The number of ether oxygens (including phenoxy) is 1. The van der Waals surface area contributed by atoms with E-state index in [-0.39, 0.29) is 0 Å². The van der Waals surface area contributed by atoms with Crippen LogP contribution < -0.4 is 4.74 Å². The molecule has 0 saturated carbocycles. The minimum Gasteiger partial charge on any atom is -0.455 e. The van der Waals surface area contributed by atoms with Crippen LogP contribution in [0.15, 0.2) is 55.4 Å². The summed E-state index contributed by atoms with van der Waals surface area (Å²) in [5.41, 5.74) is 0.973. The molecule has 0 N–H and O–H groups in total. The molecule has 0 unspecified atom stereocenters. The molecule has 15 heavy (non-hydrogen) atoms. The first-order chi connectivity index (χ1) is 7.40. The topological polar surface area (TPSA) is 22.1 Å². The zero-order valence-electron chi connectivity index (χ0n) is 8.26. The molecule has 2 nitrogen and oxygen atoms in total. The number of hydrogen-bond acceptors (Lipinski definition) is 2. The van der Waals surface area contributed by atoms with Crippen LogP contribution in [-0.4, -0.2) is 4.98 Å². The van der Waals surface area contributed by atoms with E-state index in [2.05, 4.69) is 11.6 Å². The largest absolute Gasteiger partial charge is 0.455 e. The normalized spacial score (nSPS) is 9.60. The molecule has 2 rings (SSSR count). The van der Waals surface area contributed by atoms with Crippen molar-refractivity contribution in [3.63, 3.8) is 0 Å². The molecule has 0 saturated heterocycles. The van der Waals surface area contributed by atoms with E-state index in [1.54, 1.807) is 18.5 Å². The molecule has 0 radical (unpaired) electrons. The van der Waals surface area contributed by atoms with Crippen molar-refractivity contribution in [2.75, 3.05) is 0 Å². The smallest absolute Gasteiger partial charge is 0.145 e. The van der Waals surface area contributed by atoms with Gasteiger partial charge in [-0.15, -0.1) is 0 Å². The highest BCUT2D eigenvalue weighted by atomic mass is 16.5. The van der Waals surface area contributed by atoms with Gasteiger partial charge >= 0.3 is 0 Å². The molecular formula is C13H11NO. The minimum absolute atomic E-state index is 0.729. The molecular weight excluding hydrogens is 186 g/mol. The average Bonchev–Trinajstić information content (AvgIpc) is 2.31. The third-order valence-electron chi connectivity index (χ3n) is 2.00. The van der Waals surface area contributed by atoms with E-state index in [0.29, 0.717) is 0 Å². The van der Waals surface area contributed by atoms with E-state index in [4.69, 9.17) is 4.74 Å². The highest BCUT2D eigenvalue weighted by Crippen LogP contribution is 2.24. The van der Waals surface area contributed by atoms with Gasteiger partial charge in [-0.1, -0.05) is 30.9 Å². The zero-order valence-corrected chi connectivity index (χ0v) is 8.26. The zero-order chi connectivity index (χ0) is 10.5. The summed E-state index contributed by atoms with van der Waals surface area (Å²) < 4.78 is 5.67. The number of para-hydroxylation sites is 1. The summed E-state index contributed by atoms with van der Waals surface area (Å²) in [5.74, 6) is 1.52. The van der Waals surface area contributed by atoms with Crippen LogP contribution in [0.3, 0.4) is 0 Å². The van der Waals surface area contributed by atoms with Gasteiger partial charge in [0.25, 0.3) is 0 Å². The van der Waals surface area contributed by atoms with E-state index in [9.17, 15) is 0 Å². The van der Waals surface area contributed by atoms with E-state index >= 15 is 0 Å². The first kappa shape index (κ1) is 9.46. The van der Waals surface area contributed by atoms with Crippen molar-refractivity contribution in [3.05, 3.63) is 60.9 Å². The summed E-state index contributed by atoms with van der Waals surface area (Å²) in [6.45, 7) is 3.74. The van der Waals surface area contributed by atoms with Gasteiger partial charge in [0.05, 0.1) is 6.20 Å². The van der Waals surface area contributed by atoms with Crippen molar-refractivity contribution in [2.24, 2.45) is 0 Å². The van der Waals surface area contributed by atoms with Gasteiger partial charge in [-0.3, -0.25) is 4.98 Å². The molecule has 0 amide bonds. The first-order valence-corrected chi connectivity index (χ1v) is 4.69. The maximum Gasteiger partial charge on any atom is 0.145 e. The van der Waals surface area contributed by atoms with Crippen molar-refractivity contribution in [1.82, 2.24) is 4.98 Å². The van der Waals surface area contributed by atoms with Gasteiger partial charge in [0.1, 0.15) is 11.5 Å². The van der Waals surface area contributed by atoms with Crippen LogP contribution >= 0.6 is 0 Å². The number of nitrogens with zero attached hydrogens (tertiary/aromatic N) is 1. The van der Waals surface area contributed by atoms with Crippen molar-refractivity contribution in [2.45, 2.75) is 0 Å². The van der Waals surface area contributed by atoms with Crippen LogP contribution in [0.1, 0.15) is 5.56 Å². The number of pyridine rings is 1. The van der Waals surface area contributed by atoms with E-state index < -0.39 is 0 Å². The number of hydrogen-bond donors (Lipinski definition) is 0. The highest BCUT2D eigenvalue weighted by Gasteiger charge is 2.00. The van der Waals surface area contributed by atoms with Crippen LogP contribution in [0.4, 0.5) is 0 Å². The molecule has 0 atom stereocenters. The van der Waals surface area contributed by atoms with E-state index in [0.717, 1.165) is 17.1 Å². The van der Waals surface area contributed by atoms with Crippen molar-refractivity contribution >= 4 is 6.08 Å². The lowest BCUT2D eigenvalue weighted by molar-refractivity contribution is 0.479. The summed E-state index contributed by atoms with van der Waals surface area (Å²) in [6, 6.07) is 11.5. The Hall–Kier alpha value is -2.09. The quantitative estimate of drug-likeness (QED) is 0.751. The lowest BCUT2D eigenvalue weighted by Gasteiger charge is -2.07. The van der Waals surface area contributed by atoms with Crippen LogP contribution in [0, 0.1) is 0 Å². The maximum atomic E-state index is 5.67. The second-order valence-corrected chi connectivity index (χ2v) is 3.03. The Morgan fingerprint density at radius 2 is 2.00 bits per heavy atom. The first-order valence-electron chi connectivity index (χ1n) is 4.69. The number of rotatable bonds is 3. The summed E-state index contributed by atoms with van der Waals surface area (Å²) in [5, 5.41) is 0. The Bertz CT molecular complexity index is 451. The molecule has 0 aliphatic carbocycles. The van der Waals surface area contributed by atoms with Crippen LogP contribution in [-0.2, 0) is 0 Å². The molecule has 2 aromatic rings. The average molecular weight is 197 g/mol. The molecule has 2 heteroatoms. The Morgan fingerprint density at radius 3 is 2.73 bits per heavy atom. The number of aromatic nitrogens is 1. The molecule has 0 spiro atoms. The molecule has 1 aromatic carbocycles. The third kappa shape index (κ3) is 2.23. The van der Waals surface area contributed by atoms with Gasteiger partial charge in [0.15, 0.2) is 0 Å². The molecule has 0 fully saturated rings. The lowest BCUT2D eigenvalue weighted by Crippen LogP contribution is -1.87. The van der Waals surface area contributed by atoms with Crippen molar-refractivity contribution in [1.29, 1.82) is 0 Å². The summed E-state index contributed by atoms with van der Waals surface area (Å²) in [4.78, 5) is 3.99. The van der Waals surface area contributed by atoms with Gasteiger partial charge in [-0.05, 0) is 18.2 Å². The Morgan fingerprint density at radius 1 is 1.13 bits per heavy atom. The second-order valence-electron chi connectivity index (χ2n) is 3.03. The molecule has 0 aliphatic heterocycles. The fourth-order valence-electron chi connectivity index (χ4n) is 1.28. The maximum absolute atomic E-state index is 5.67. The highest BCUT2D eigenvalue weighted by molar-refractivity contribution is 5.56. The van der Waals surface area contributed by atoms with Gasteiger partial charge in [0.2, 0.25) is 0 Å². The SMILES string of the molecule is C=Cc1ccccc1Oc1cccnc1. The van der Waals surface area contributed by atoms with Gasteiger partial charge in [-0.25, -0.2) is 0 Å². The monoisotopic (exact) mass is 197 g/mol. The molecule has 1 heterocycles. The predicted molar refractivity (Wildman–Crippen MR) is 60.8 cm³/mol. The molecule has 1 aromatic heterocycles.